The van der Waals surface area contributed by atoms with E-state index >= 15 is 0 Å². The van der Waals surface area contributed by atoms with Crippen LogP contribution in [0.2, 0.25) is 0 Å². The zero-order valence-corrected chi connectivity index (χ0v) is 16.9. The maximum Gasteiger partial charge on any atom is 0.0791 e. The molecule has 0 saturated carbocycles. The van der Waals surface area contributed by atoms with Crippen LogP contribution < -0.4 is 0 Å². The first-order chi connectivity index (χ1) is 13.4. The fraction of sp³-hybridized carbons (Fsp3) is 0.320. The molecule has 3 aromatic rings. The number of allylic oxidation sites excluding steroid dienone is 4. The molecule has 0 spiro atoms. The number of hydrogen-bond acceptors (Lipinski definition) is 2. The van der Waals surface area contributed by atoms with Gasteiger partial charge in [0.1, 0.15) is 0 Å². The number of thiazole rings is 1. The molecule has 27 heavy (non-hydrogen) atoms. The minimum absolute atomic E-state index is 1.21. The van der Waals surface area contributed by atoms with Gasteiger partial charge in [-0.05, 0) is 71.6 Å². The Kier molecular flexibility index (Phi) is 5.84. The Labute approximate surface area is 166 Å². The summed E-state index contributed by atoms with van der Waals surface area (Å²) in [7, 11) is 0. The summed E-state index contributed by atoms with van der Waals surface area (Å²) < 4.78 is 0. The second kappa shape index (κ2) is 8.67. The first-order valence-electron chi connectivity index (χ1n) is 10.1. The molecule has 0 amide bonds. The molecule has 2 aliphatic carbocycles. The number of fused-ring (bicyclic) bond motifs is 4. The second-order valence-electron chi connectivity index (χ2n) is 7.34. The van der Waals surface area contributed by atoms with Gasteiger partial charge in [0.2, 0.25) is 0 Å². The smallest absolute Gasteiger partial charge is 0.0791 e. The van der Waals surface area contributed by atoms with Crippen molar-refractivity contribution in [3.63, 3.8) is 0 Å². The molecule has 0 radical (unpaired) electrons. The van der Waals surface area contributed by atoms with Crippen LogP contribution >= 0.6 is 11.3 Å². The largest absolute Gasteiger partial charge is 0.253 e. The van der Waals surface area contributed by atoms with E-state index in [2.05, 4.69) is 54.4 Å². The number of nitrogens with zero attached hydrogens (tertiary/aromatic N) is 1. The number of aromatic nitrogens is 1. The maximum atomic E-state index is 3.74. The third-order valence-corrected chi connectivity index (χ3v) is 6.18. The molecule has 2 aromatic carbocycles. The molecule has 0 atom stereocenters. The van der Waals surface area contributed by atoms with Gasteiger partial charge in [0.25, 0.3) is 0 Å². The molecular weight excluding hydrogens is 346 g/mol. The summed E-state index contributed by atoms with van der Waals surface area (Å²) in [6, 6.07) is 11.7. The molecule has 0 aliphatic heterocycles. The van der Waals surface area contributed by atoms with Gasteiger partial charge in [0.15, 0.2) is 0 Å². The highest BCUT2D eigenvalue weighted by Crippen LogP contribution is 2.40. The minimum atomic E-state index is 1.21. The molecule has 0 saturated heterocycles. The molecule has 0 bridgehead atoms. The summed E-state index contributed by atoms with van der Waals surface area (Å²) in [5, 5.41) is 4.91. The molecule has 138 valence electrons. The Morgan fingerprint density at radius 2 is 2.00 bits per heavy atom. The van der Waals surface area contributed by atoms with E-state index in [0.29, 0.717) is 0 Å². The lowest BCUT2D eigenvalue weighted by molar-refractivity contribution is 0.798. The number of unbranched alkanes of at least 4 members (excludes halogenated alkanes) is 1. The van der Waals surface area contributed by atoms with Crippen molar-refractivity contribution in [3.05, 3.63) is 81.8 Å². The van der Waals surface area contributed by atoms with Crippen molar-refractivity contribution in [1.82, 2.24) is 4.98 Å². The van der Waals surface area contributed by atoms with Gasteiger partial charge in [-0.3, -0.25) is 4.98 Å². The first kappa shape index (κ1) is 18.2. The minimum Gasteiger partial charge on any atom is -0.253 e. The van der Waals surface area contributed by atoms with Gasteiger partial charge in [-0.1, -0.05) is 61.4 Å². The Bertz CT molecular complexity index is 946. The summed E-state index contributed by atoms with van der Waals surface area (Å²) >= 11 is 1.60. The van der Waals surface area contributed by atoms with E-state index in [4.69, 9.17) is 0 Å². The summed E-state index contributed by atoms with van der Waals surface area (Å²) in [5.41, 5.74) is 9.60. The SMILES string of the molecule is CCCCc1cccc2c3c(ccc12)C1=C(CCC=C1)CC3.c1cscn1. The summed E-state index contributed by atoms with van der Waals surface area (Å²) in [6.45, 7) is 2.27. The Morgan fingerprint density at radius 3 is 2.78 bits per heavy atom. The van der Waals surface area contributed by atoms with E-state index in [1.54, 1.807) is 34.2 Å². The van der Waals surface area contributed by atoms with Gasteiger partial charge in [-0.25, -0.2) is 0 Å². The van der Waals surface area contributed by atoms with Gasteiger partial charge in [0, 0.05) is 11.6 Å². The highest BCUT2D eigenvalue weighted by Gasteiger charge is 2.20. The molecule has 0 fully saturated rings. The lowest BCUT2D eigenvalue weighted by Gasteiger charge is -2.25. The van der Waals surface area contributed by atoms with Crippen LogP contribution in [0.1, 0.15) is 55.7 Å². The molecule has 0 unspecified atom stereocenters. The van der Waals surface area contributed by atoms with Gasteiger partial charge >= 0.3 is 0 Å². The van der Waals surface area contributed by atoms with Gasteiger partial charge in [0.05, 0.1) is 5.51 Å². The van der Waals surface area contributed by atoms with Crippen molar-refractivity contribution in [2.75, 3.05) is 0 Å². The van der Waals surface area contributed by atoms with E-state index in [-0.39, 0.29) is 0 Å². The average molecular weight is 374 g/mol. The van der Waals surface area contributed by atoms with Crippen molar-refractivity contribution < 1.29 is 0 Å². The topological polar surface area (TPSA) is 12.9 Å². The van der Waals surface area contributed by atoms with Crippen molar-refractivity contribution in [2.24, 2.45) is 0 Å². The van der Waals surface area contributed by atoms with Crippen LogP contribution in [0.25, 0.3) is 16.3 Å². The summed E-state index contributed by atoms with van der Waals surface area (Å²) in [5.74, 6) is 0. The summed E-state index contributed by atoms with van der Waals surface area (Å²) in [4.78, 5) is 3.74. The fourth-order valence-electron chi connectivity index (χ4n) is 4.29. The van der Waals surface area contributed by atoms with Crippen LogP contribution in [-0.2, 0) is 12.8 Å². The zero-order chi connectivity index (χ0) is 18.5. The van der Waals surface area contributed by atoms with Crippen molar-refractivity contribution in [1.29, 1.82) is 0 Å². The summed E-state index contributed by atoms with van der Waals surface area (Å²) in [6.07, 6.45) is 15.2. The predicted octanol–water partition coefficient (Wildman–Crippen LogP) is 7.38. The van der Waals surface area contributed by atoms with Crippen molar-refractivity contribution >= 4 is 27.7 Å². The maximum absolute atomic E-state index is 3.74. The van der Waals surface area contributed by atoms with Crippen molar-refractivity contribution in [3.8, 4) is 0 Å². The van der Waals surface area contributed by atoms with Crippen LogP contribution in [0.5, 0.6) is 0 Å². The van der Waals surface area contributed by atoms with Gasteiger partial charge < -0.3 is 0 Å². The van der Waals surface area contributed by atoms with E-state index in [1.165, 1.54) is 72.4 Å². The van der Waals surface area contributed by atoms with Crippen molar-refractivity contribution in [2.45, 2.75) is 51.9 Å². The number of aryl methyl sites for hydroxylation is 2. The quantitative estimate of drug-likeness (QED) is 0.467. The molecule has 5 rings (SSSR count). The molecule has 2 heteroatoms. The number of hydrogen-bond donors (Lipinski definition) is 0. The molecule has 2 aliphatic rings. The lowest BCUT2D eigenvalue weighted by Crippen LogP contribution is -2.07. The predicted molar refractivity (Wildman–Crippen MR) is 118 cm³/mol. The zero-order valence-electron chi connectivity index (χ0n) is 16.1. The fourth-order valence-corrected chi connectivity index (χ4v) is 4.65. The van der Waals surface area contributed by atoms with E-state index in [9.17, 15) is 0 Å². The van der Waals surface area contributed by atoms with Crippen LogP contribution in [0.4, 0.5) is 0 Å². The van der Waals surface area contributed by atoms with Crippen LogP contribution in [-0.4, -0.2) is 4.98 Å². The van der Waals surface area contributed by atoms with Crippen LogP contribution in [0.15, 0.2) is 65.1 Å². The highest BCUT2D eigenvalue weighted by molar-refractivity contribution is 7.07. The van der Waals surface area contributed by atoms with Gasteiger partial charge in [-0.2, -0.15) is 0 Å². The normalized spacial score (nSPS) is 15.1. The molecular formula is C25H27NS. The Balaban J connectivity index is 0.000000314. The highest BCUT2D eigenvalue weighted by atomic mass is 32.1. The molecule has 1 aromatic heterocycles. The van der Waals surface area contributed by atoms with E-state index < -0.39 is 0 Å². The average Bonchev–Trinajstić information content (AvgIpc) is 3.32. The molecule has 1 heterocycles. The number of rotatable bonds is 3. The van der Waals surface area contributed by atoms with Crippen LogP contribution in [0, 0.1) is 0 Å². The third-order valence-electron chi connectivity index (χ3n) is 5.66. The standard InChI is InChI=1S/C22H24.C3H3NS/c1-2-3-7-16-9-6-11-20-19(16)14-15-21-18-10-5-4-8-17(18)12-13-22(20)21;1-2-5-3-4-1/h5-6,9-11,14-15H,2-4,7-8,12-13H2,1H3;1-3H. The molecule has 0 N–H and O–H groups in total. The first-order valence-corrected chi connectivity index (χ1v) is 11.1. The van der Waals surface area contributed by atoms with E-state index in [0.717, 1.165) is 0 Å². The number of benzene rings is 2. The monoisotopic (exact) mass is 373 g/mol. The van der Waals surface area contributed by atoms with Crippen LogP contribution in [0.3, 0.4) is 0 Å². The third kappa shape index (κ3) is 3.91. The lowest BCUT2D eigenvalue weighted by atomic mass is 9.79. The molecule has 1 nitrogen and oxygen atoms in total. The van der Waals surface area contributed by atoms with E-state index in [1.807, 2.05) is 5.38 Å². The Morgan fingerprint density at radius 1 is 1.04 bits per heavy atom. The Hall–Kier alpha value is -2.19. The van der Waals surface area contributed by atoms with Gasteiger partial charge in [-0.15, -0.1) is 11.3 Å². The second-order valence-corrected chi connectivity index (χ2v) is 8.10.